The monoisotopic (exact) mass is 424 g/mol. The summed E-state index contributed by atoms with van der Waals surface area (Å²) in [6, 6.07) is 14.6. The molecule has 1 saturated heterocycles. The van der Waals surface area contributed by atoms with Crippen molar-refractivity contribution in [3.8, 4) is 11.5 Å². The number of rotatable bonds is 9. The zero-order valence-electron chi connectivity index (χ0n) is 19.4. The summed E-state index contributed by atoms with van der Waals surface area (Å²) in [5.74, 6) is 2.09. The smallest absolute Gasteiger partial charge is 0.226 e. The number of amides is 1. The van der Waals surface area contributed by atoms with Gasteiger partial charge in [0.05, 0.1) is 14.2 Å². The Morgan fingerprint density at radius 1 is 1.00 bits per heavy atom. The van der Waals surface area contributed by atoms with E-state index in [-0.39, 0.29) is 11.9 Å². The largest absolute Gasteiger partial charge is 0.496 e. The van der Waals surface area contributed by atoms with Crippen molar-refractivity contribution in [2.24, 2.45) is 0 Å². The number of methoxy groups -OCH3 is 2. The van der Waals surface area contributed by atoms with Crippen LogP contribution in [0, 0.1) is 0 Å². The van der Waals surface area contributed by atoms with Gasteiger partial charge in [-0.05, 0) is 61.1 Å². The summed E-state index contributed by atoms with van der Waals surface area (Å²) in [6.07, 6.45) is 4.36. The van der Waals surface area contributed by atoms with Gasteiger partial charge in [-0.3, -0.25) is 4.79 Å². The molecule has 1 fully saturated rings. The molecule has 1 aliphatic rings. The van der Waals surface area contributed by atoms with E-state index in [0.29, 0.717) is 6.42 Å². The summed E-state index contributed by atoms with van der Waals surface area (Å²) < 4.78 is 11.2. The normalized spacial score (nSPS) is 15.0. The minimum absolute atomic E-state index is 0.206. The molecule has 0 radical (unpaired) electrons. The molecular formula is C26H36N2O3. The molecule has 5 nitrogen and oxygen atoms in total. The fourth-order valence-electron chi connectivity index (χ4n) is 4.49. The second-order valence-electron chi connectivity index (χ2n) is 8.11. The van der Waals surface area contributed by atoms with Crippen LogP contribution < -0.4 is 14.4 Å². The van der Waals surface area contributed by atoms with Gasteiger partial charge in [0, 0.05) is 37.8 Å². The number of para-hydroxylation sites is 1. The Labute approximate surface area is 187 Å². The third-order valence-electron chi connectivity index (χ3n) is 6.29. The highest BCUT2D eigenvalue weighted by atomic mass is 16.5. The number of piperidine rings is 1. The van der Waals surface area contributed by atoms with Crippen LogP contribution in [-0.2, 0) is 17.6 Å². The average molecular weight is 425 g/mol. The topological polar surface area (TPSA) is 42.0 Å². The molecule has 1 amide bonds. The number of anilines is 1. The lowest BCUT2D eigenvalue weighted by atomic mass is 10.00. The van der Waals surface area contributed by atoms with Crippen LogP contribution in [0.1, 0.15) is 44.2 Å². The molecule has 2 aromatic rings. The van der Waals surface area contributed by atoms with Gasteiger partial charge in [-0.2, -0.15) is 0 Å². The van der Waals surface area contributed by atoms with Gasteiger partial charge in [0.15, 0.2) is 0 Å². The third-order valence-corrected chi connectivity index (χ3v) is 6.29. The highest BCUT2D eigenvalue weighted by molar-refractivity contribution is 5.93. The number of ether oxygens (including phenoxy) is 2. The van der Waals surface area contributed by atoms with Crippen molar-refractivity contribution in [3.05, 3.63) is 53.6 Å². The number of benzene rings is 2. The summed E-state index contributed by atoms with van der Waals surface area (Å²) in [5, 5.41) is 0. The lowest BCUT2D eigenvalue weighted by Gasteiger charge is -2.38. The summed E-state index contributed by atoms with van der Waals surface area (Å²) >= 11 is 0. The van der Waals surface area contributed by atoms with E-state index in [2.05, 4.69) is 24.0 Å². The van der Waals surface area contributed by atoms with Crippen LogP contribution in [0.2, 0.25) is 0 Å². The zero-order chi connectivity index (χ0) is 22.2. The molecule has 0 atom stereocenters. The Morgan fingerprint density at radius 3 is 2.19 bits per heavy atom. The lowest BCUT2D eigenvalue weighted by Crippen LogP contribution is -2.47. The van der Waals surface area contributed by atoms with E-state index in [0.717, 1.165) is 62.5 Å². The van der Waals surface area contributed by atoms with Crippen molar-refractivity contribution >= 4 is 11.6 Å². The van der Waals surface area contributed by atoms with E-state index in [9.17, 15) is 4.79 Å². The Balaban J connectivity index is 1.62. The molecule has 0 bridgehead atoms. The second kappa shape index (κ2) is 11.2. The molecular weight excluding hydrogens is 388 g/mol. The van der Waals surface area contributed by atoms with Crippen molar-refractivity contribution in [2.75, 3.05) is 38.8 Å². The van der Waals surface area contributed by atoms with Gasteiger partial charge in [0.25, 0.3) is 0 Å². The summed E-state index contributed by atoms with van der Waals surface area (Å²) in [4.78, 5) is 17.2. The van der Waals surface area contributed by atoms with Crippen molar-refractivity contribution in [2.45, 2.75) is 52.0 Å². The SMILES string of the molecule is CCC(=O)N(c1ccccc1)C1CCN(CCc2cc(OC)c(CC)cc2OC)CC1. The number of aryl methyl sites for hydroxylation is 1. The fourth-order valence-corrected chi connectivity index (χ4v) is 4.49. The van der Waals surface area contributed by atoms with Gasteiger partial charge in [0.2, 0.25) is 5.91 Å². The molecule has 0 N–H and O–H groups in total. The molecule has 5 heteroatoms. The third kappa shape index (κ3) is 5.59. The second-order valence-corrected chi connectivity index (χ2v) is 8.11. The van der Waals surface area contributed by atoms with Crippen molar-refractivity contribution in [1.29, 1.82) is 0 Å². The molecule has 0 aliphatic carbocycles. The first-order chi connectivity index (χ1) is 15.1. The minimum Gasteiger partial charge on any atom is -0.496 e. The van der Waals surface area contributed by atoms with Gasteiger partial charge in [-0.25, -0.2) is 0 Å². The van der Waals surface area contributed by atoms with Crippen LogP contribution in [-0.4, -0.2) is 50.7 Å². The molecule has 2 aromatic carbocycles. The predicted molar refractivity (Wildman–Crippen MR) is 126 cm³/mol. The Morgan fingerprint density at radius 2 is 1.61 bits per heavy atom. The van der Waals surface area contributed by atoms with Gasteiger partial charge in [0.1, 0.15) is 11.5 Å². The highest BCUT2D eigenvalue weighted by Gasteiger charge is 2.28. The van der Waals surface area contributed by atoms with Crippen LogP contribution in [0.4, 0.5) is 5.69 Å². The van der Waals surface area contributed by atoms with Gasteiger partial charge in [-0.15, -0.1) is 0 Å². The van der Waals surface area contributed by atoms with E-state index in [4.69, 9.17) is 9.47 Å². The quantitative estimate of drug-likeness (QED) is 0.584. The number of carbonyl (C=O) groups is 1. The summed E-state index contributed by atoms with van der Waals surface area (Å²) in [6.45, 7) is 7.04. The molecule has 0 saturated carbocycles. The van der Waals surface area contributed by atoms with Crippen molar-refractivity contribution in [3.63, 3.8) is 0 Å². The zero-order valence-corrected chi connectivity index (χ0v) is 19.4. The molecule has 0 spiro atoms. The first kappa shape index (κ1) is 23.1. The first-order valence-corrected chi connectivity index (χ1v) is 11.4. The molecule has 1 aliphatic heterocycles. The van der Waals surface area contributed by atoms with Gasteiger partial charge < -0.3 is 19.3 Å². The molecule has 1 heterocycles. The number of hydrogen-bond donors (Lipinski definition) is 0. The minimum atomic E-state index is 0.206. The molecule has 168 valence electrons. The van der Waals surface area contributed by atoms with Gasteiger partial charge in [-0.1, -0.05) is 32.0 Å². The maximum Gasteiger partial charge on any atom is 0.226 e. The Hall–Kier alpha value is -2.53. The Kier molecular flexibility index (Phi) is 8.35. The number of nitrogens with zero attached hydrogens (tertiary/aromatic N) is 2. The van der Waals surface area contributed by atoms with Crippen LogP contribution in [0.3, 0.4) is 0 Å². The van der Waals surface area contributed by atoms with Crippen LogP contribution in [0.25, 0.3) is 0 Å². The number of hydrogen-bond acceptors (Lipinski definition) is 4. The van der Waals surface area contributed by atoms with E-state index in [1.165, 1.54) is 11.1 Å². The van der Waals surface area contributed by atoms with E-state index < -0.39 is 0 Å². The van der Waals surface area contributed by atoms with Crippen molar-refractivity contribution < 1.29 is 14.3 Å². The van der Waals surface area contributed by atoms with Crippen molar-refractivity contribution in [1.82, 2.24) is 4.90 Å². The van der Waals surface area contributed by atoms with E-state index in [1.54, 1.807) is 14.2 Å². The number of likely N-dealkylation sites (tertiary alicyclic amines) is 1. The van der Waals surface area contributed by atoms with E-state index in [1.807, 2.05) is 42.2 Å². The van der Waals surface area contributed by atoms with Gasteiger partial charge >= 0.3 is 0 Å². The molecule has 0 aromatic heterocycles. The summed E-state index contributed by atoms with van der Waals surface area (Å²) in [5.41, 5.74) is 3.37. The molecule has 31 heavy (non-hydrogen) atoms. The average Bonchev–Trinajstić information content (AvgIpc) is 2.83. The molecule has 3 rings (SSSR count). The number of carbonyl (C=O) groups excluding carboxylic acids is 1. The maximum atomic E-state index is 12.7. The summed E-state index contributed by atoms with van der Waals surface area (Å²) in [7, 11) is 3.46. The van der Waals surface area contributed by atoms with Crippen LogP contribution in [0.5, 0.6) is 11.5 Å². The Bertz CT molecular complexity index is 845. The van der Waals surface area contributed by atoms with Crippen LogP contribution >= 0.6 is 0 Å². The molecule has 0 unspecified atom stereocenters. The standard InChI is InChI=1S/C26H36N2O3/c1-5-20-18-25(31-4)21(19-24(20)30-3)12-15-27-16-13-23(14-17-27)28(26(29)6-2)22-10-8-7-9-11-22/h7-11,18-19,23H,5-6,12-17H2,1-4H3. The van der Waals surface area contributed by atoms with E-state index >= 15 is 0 Å². The fraction of sp³-hybridized carbons (Fsp3) is 0.500. The van der Waals surface area contributed by atoms with Crippen LogP contribution in [0.15, 0.2) is 42.5 Å². The first-order valence-electron chi connectivity index (χ1n) is 11.4. The lowest BCUT2D eigenvalue weighted by molar-refractivity contribution is -0.119. The maximum absolute atomic E-state index is 12.7. The highest BCUT2D eigenvalue weighted by Crippen LogP contribution is 2.30. The predicted octanol–water partition coefficient (Wildman–Crippen LogP) is 4.72.